The molecule has 2 aromatic rings. The van der Waals surface area contributed by atoms with E-state index in [1.54, 1.807) is 11.3 Å². The summed E-state index contributed by atoms with van der Waals surface area (Å²) in [6.07, 6.45) is 9.85. The van der Waals surface area contributed by atoms with Crippen LogP contribution in [0.5, 0.6) is 5.75 Å². The monoisotopic (exact) mass is 330 g/mol. The molecule has 0 fully saturated rings. The minimum absolute atomic E-state index is 0.672. The lowest BCUT2D eigenvalue weighted by Gasteiger charge is -2.16. The zero-order valence-corrected chi connectivity index (χ0v) is 14.8. The Morgan fingerprint density at radius 1 is 1.13 bits per heavy atom. The summed E-state index contributed by atoms with van der Waals surface area (Å²) in [4.78, 5) is 5.80. The number of benzene rings is 1. The molecule has 0 unspecified atom stereocenters. The van der Waals surface area contributed by atoms with Crippen molar-refractivity contribution in [1.29, 1.82) is 0 Å². The number of nitrogens with zero attached hydrogens (tertiary/aromatic N) is 1. The molecule has 0 saturated carbocycles. The van der Waals surface area contributed by atoms with Gasteiger partial charge >= 0.3 is 0 Å². The van der Waals surface area contributed by atoms with Gasteiger partial charge in [0.15, 0.2) is 5.13 Å². The lowest BCUT2D eigenvalue weighted by atomic mass is 9.93. The molecular formula is C19H26N2OS. The van der Waals surface area contributed by atoms with Crippen molar-refractivity contribution in [3.05, 3.63) is 28.6 Å². The lowest BCUT2D eigenvalue weighted by molar-refractivity contribution is 0.304. The van der Waals surface area contributed by atoms with E-state index in [0.717, 1.165) is 37.3 Å². The van der Waals surface area contributed by atoms with E-state index in [-0.39, 0.29) is 0 Å². The van der Waals surface area contributed by atoms with Gasteiger partial charge in [0.1, 0.15) is 5.75 Å². The maximum Gasteiger partial charge on any atom is 0.180 e. The highest BCUT2D eigenvalue weighted by molar-refractivity contribution is 7.15. The fraction of sp³-hybridized carbons (Fsp3) is 0.526. The Bertz CT molecular complexity index is 651. The second-order valence-electron chi connectivity index (χ2n) is 6.26. The number of nitrogen functional groups attached to an aromatic ring is 1. The van der Waals surface area contributed by atoms with Crippen LogP contribution in [0.25, 0.3) is 11.3 Å². The number of hydrogen-bond acceptors (Lipinski definition) is 4. The Labute approximate surface area is 142 Å². The largest absolute Gasteiger partial charge is 0.494 e. The standard InChI is InChI=1S/C19H26N2OS/c1-2-3-4-5-6-7-12-22-15-9-10-16-14(13-15)8-11-17-18(16)21-19(20)23-17/h9-10,13H,2-8,11-12H2,1H3,(H2,20,21). The van der Waals surface area contributed by atoms with Crippen LogP contribution in [-0.2, 0) is 12.8 Å². The smallest absolute Gasteiger partial charge is 0.180 e. The van der Waals surface area contributed by atoms with E-state index in [4.69, 9.17) is 10.5 Å². The zero-order chi connectivity index (χ0) is 16.1. The van der Waals surface area contributed by atoms with E-state index < -0.39 is 0 Å². The van der Waals surface area contributed by atoms with Crippen molar-refractivity contribution in [2.24, 2.45) is 0 Å². The van der Waals surface area contributed by atoms with Crippen molar-refractivity contribution in [3.8, 4) is 17.0 Å². The van der Waals surface area contributed by atoms with Crippen molar-refractivity contribution < 1.29 is 4.74 Å². The van der Waals surface area contributed by atoms with E-state index in [2.05, 4.69) is 30.1 Å². The van der Waals surface area contributed by atoms with Gasteiger partial charge < -0.3 is 10.5 Å². The molecule has 0 spiro atoms. The van der Waals surface area contributed by atoms with Crippen molar-refractivity contribution >= 4 is 16.5 Å². The first-order valence-corrected chi connectivity index (χ1v) is 9.61. The minimum atomic E-state index is 0.672. The number of fused-ring (bicyclic) bond motifs is 3. The molecule has 3 rings (SSSR count). The van der Waals surface area contributed by atoms with E-state index in [9.17, 15) is 0 Å². The predicted octanol–water partition coefficient (Wildman–Crippen LogP) is 5.23. The summed E-state index contributed by atoms with van der Waals surface area (Å²) >= 11 is 1.62. The molecule has 0 aliphatic heterocycles. The van der Waals surface area contributed by atoms with Crippen LogP contribution in [0.1, 0.15) is 55.9 Å². The average Bonchev–Trinajstić information content (AvgIpc) is 2.94. The Morgan fingerprint density at radius 2 is 1.96 bits per heavy atom. The number of anilines is 1. The molecule has 124 valence electrons. The fourth-order valence-electron chi connectivity index (χ4n) is 3.17. The van der Waals surface area contributed by atoms with Crippen LogP contribution in [0.4, 0.5) is 5.13 Å². The number of aromatic nitrogens is 1. The van der Waals surface area contributed by atoms with E-state index in [1.807, 2.05) is 0 Å². The van der Waals surface area contributed by atoms with Gasteiger partial charge in [0.25, 0.3) is 0 Å². The molecule has 4 heteroatoms. The van der Waals surface area contributed by atoms with Crippen molar-refractivity contribution in [1.82, 2.24) is 4.98 Å². The van der Waals surface area contributed by atoms with Gasteiger partial charge in [-0.25, -0.2) is 4.98 Å². The lowest BCUT2D eigenvalue weighted by Crippen LogP contribution is -2.04. The number of nitrogens with two attached hydrogens (primary N) is 1. The van der Waals surface area contributed by atoms with Crippen LogP contribution in [-0.4, -0.2) is 11.6 Å². The number of ether oxygens (including phenoxy) is 1. The second-order valence-corrected chi connectivity index (χ2v) is 7.37. The molecule has 0 radical (unpaired) electrons. The van der Waals surface area contributed by atoms with Gasteiger partial charge in [-0.2, -0.15) is 0 Å². The second kappa shape index (κ2) is 7.82. The Morgan fingerprint density at radius 3 is 2.83 bits per heavy atom. The molecule has 3 nitrogen and oxygen atoms in total. The Balaban J connectivity index is 1.53. The van der Waals surface area contributed by atoms with E-state index >= 15 is 0 Å². The van der Waals surface area contributed by atoms with Gasteiger partial charge in [-0.15, -0.1) is 11.3 Å². The number of thiazole rings is 1. The molecule has 1 aromatic heterocycles. The van der Waals surface area contributed by atoms with E-state index in [1.165, 1.54) is 48.1 Å². The SMILES string of the molecule is CCCCCCCCOc1ccc2c(c1)CCc1sc(N)nc1-2. The third-order valence-corrected chi connectivity index (χ3v) is 5.38. The average molecular weight is 330 g/mol. The first-order chi connectivity index (χ1) is 11.3. The molecule has 2 N–H and O–H groups in total. The topological polar surface area (TPSA) is 48.1 Å². The molecule has 0 atom stereocenters. The quantitative estimate of drug-likeness (QED) is 0.674. The van der Waals surface area contributed by atoms with Crippen molar-refractivity contribution in [2.75, 3.05) is 12.3 Å². The highest BCUT2D eigenvalue weighted by Gasteiger charge is 2.20. The summed E-state index contributed by atoms with van der Waals surface area (Å²) in [5, 5.41) is 0.672. The highest BCUT2D eigenvalue weighted by atomic mass is 32.1. The third kappa shape index (κ3) is 4.05. The summed E-state index contributed by atoms with van der Waals surface area (Å²) in [6.45, 7) is 3.07. The number of hydrogen-bond donors (Lipinski definition) is 1. The molecule has 1 aliphatic carbocycles. The summed E-state index contributed by atoms with van der Waals surface area (Å²) < 4.78 is 5.93. The van der Waals surface area contributed by atoms with Crippen LogP contribution < -0.4 is 10.5 Å². The van der Waals surface area contributed by atoms with Crippen LogP contribution in [0.3, 0.4) is 0 Å². The summed E-state index contributed by atoms with van der Waals surface area (Å²) in [5.41, 5.74) is 9.50. The molecule has 0 bridgehead atoms. The van der Waals surface area contributed by atoms with E-state index in [0.29, 0.717) is 5.13 Å². The first-order valence-electron chi connectivity index (χ1n) is 8.79. The Hall–Kier alpha value is -1.55. The predicted molar refractivity (Wildman–Crippen MR) is 98.2 cm³/mol. The van der Waals surface area contributed by atoms with Crippen molar-refractivity contribution in [2.45, 2.75) is 58.3 Å². The van der Waals surface area contributed by atoms with Crippen LogP contribution >= 0.6 is 11.3 Å². The van der Waals surface area contributed by atoms with Crippen LogP contribution in [0.15, 0.2) is 18.2 Å². The molecule has 1 aromatic carbocycles. The third-order valence-electron chi connectivity index (χ3n) is 4.43. The molecule has 1 aliphatic rings. The van der Waals surface area contributed by atoms with Gasteiger partial charge in [-0.3, -0.25) is 0 Å². The highest BCUT2D eigenvalue weighted by Crippen LogP contribution is 2.38. The van der Waals surface area contributed by atoms with Gasteiger partial charge in [-0.1, -0.05) is 39.0 Å². The van der Waals surface area contributed by atoms with Gasteiger partial charge in [0.2, 0.25) is 0 Å². The van der Waals surface area contributed by atoms with Crippen LogP contribution in [0.2, 0.25) is 0 Å². The summed E-state index contributed by atoms with van der Waals surface area (Å²) in [6, 6.07) is 6.40. The van der Waals surface area contributed by atoms with Crippen molar-refractivity contribution in [3.63, 3.8) is 0 Å². The molecular weight excluding hydrogens is 304 g/mol. The molecule has 0 amide bonds. The van der Waals surface area contributed by atoms with Crippen LogP contribution in [0, 0.1) is 0 Å². The first kappa shape index (κ1) is 16.3. The maximum atomic E-state index is 5.93. The number of rotatable bonds is 8. The molecule has 1 heterocycles. The van der Waals surface area contributed by atoms with Gasteiger partial charge in [0, 0.05) is 10.4 Å². The summed E-state index contributed by atoms with van der Waals surface area (Å²) in [5.74, 6) is 0.990. The fourth-order valence-corrected chi connectivity index (χ4v) is 4.01. The number of aryl methyl sites for hydroxylation is 2. The minimum Gasteiger partial charge on any atom is -0.494 e. The zero-order valence-electron chi connectivity index (χ0n) is 13.9. The maximum absolute atomic E-state index is 5.93. The molecule has 0 saturated heterocycles. The summed E-state index contributed by atoms with van der Waals surface area (Å²) in [7, 11) is 0. The molecule has 23 heavy (non-hydrogen) atoms. The van der Waals surface area contributed by atoms with Gasteiger partial charge in [0.05, 0.1) is 12.3 Å². The Kier molecular flexibility index (Phi) is 5.55. The van der Waals surface area contributed by atoms with Gasteiger partial charge in [-0.05, 0) is 43.0 Å². The normalized spacial score (nSPS) is 12.7. The number of unbranched alkanes of at least 4 members (excludes halogenated alkanes) is 5.